The molecule has 0 saturated carbocycles. The number of rotatable bonds is 7. The largest absolute Gasteiger partial charge is 0.394 e. The van der Waals surface area contributed by atoms with Gasteiger partial charge in [0.25, 0.3) is 0 Å². The summed E-state index contributed by atoms with van der Waals surface area (Å²) < 4.78 is 4.82. The lowest BCUT2D eigenvalue weighted by atomic mass is 9.99. The highest BCUT2D eigenvalue weighted by atomic mass is 16.5. The van der Waals surface area contributed by atoms with Crippen molar-refractivity contribution in [3.63, 3.8) is 0 Å². The van der Waals surface area contributed by atoms with Gasteiger partial charge in [0, 0.05) is 0 Å². The highest BCUT2D eigenvalue weighted by molar-refractivity contribution is 4.86. The minimum absolute atomic E-state index is 0.0759. The molecule has 0 spiro atoms. The molecule has 0 heterocycles. The molecule has 0 rings (SSSR count). The summed E-state index contributed by atoms with van der Waals surface area (Å²) in [5, 5.41) is 44.1. The Morgan fingerprint density at radius 3 is 1.92 bits per heavy atom. The van der Waals surface area contributed by atoms with Crippen LogP contribution in [0.5, 0.6) is 0 Å². The molecule has 0 aromatic rings. The third-order valence-electron chi connectivity index (χ3n) is 1.72. The van der Waals surface area contributed by atoms with Crippen molar-refractivity contribution < 1.29 is 30.3 Å². The summed E-state index contributed by atoms with van der Waals surface area (Å²) in [5.41, 5.74) is -1.87. The van der Waals surface area contributed by atoms with Crippen LogP contribution < -0.4 is 0 Å². The second-order valence-electron chi connectivity index (χ2n) is 2.69. The lowest BCUT2D eigenvalue weighted by molar-refractivity contribution is -0.167. The van der Waals surface area contributed by atoms with E-state index in [1.807, 2.05) is 0 Å². The van der Waals surface area contributed by atoms with Crippen molar-refractivity contribution in [3.8, 4) is 0 Å². The molecule has 0 bridgehead atoms. The van der Waals surface area contributed by atoms with Crippen LogP contribution in [0.3, 0.4) is 0 Å². The highest BCUT2D eigenvalue weighted by Gasteiger charge is 2.36. The van der Waals surface area contributed by atoms with E-state index >= 15 is 0 Å². The van der Waals surface area contributed by atoms with Crippen molar-refractivity contribution in [3.05, 3.63) is 0 Å². The number of aliphatic hydroxyl groups is 5. The van der Waals surface area contributed by atoms with Gasteiger partial charge in [-0.25, -0.2) is 0 Å². The summed E-state index contributed by atoms with van der Waals surface area (Å²) in [6.45, 7) is -2.32. The van der Waals surface area contributed by atoms with Crippen molar-refractivity contribution in [2.24, 2.45) is 0 Å². The maximum Gasteiger partial charge on any atom is 0.139 e. The highest BCUT2D eigenvalue weighted by Crippen LogP contribution is 2.12. The molecular weight excluding hydrogens is 180 g/mol. The SMILES string of the molecule is OCCOC(CO)C(O)(CO)CO. The molecule has 13 heavy (non-hydrogen) atoms. The minimum Gasteiger partial charge on any atom is -0.394 e. The van der Waals surface area contributed by atoms with E-state index in [-0.39, 0.29) is 13.2 Å². The van der Waals surface area contributed by atoms with Gasteiger partial charge < -0.3 is 30.3 Å². The zero-order chi connectivity index (χ0) is 10.3. The summed E-state index contributed by atoms with van der Waals surface area (Å²) in [6, 6.07) is 0. The first-order chi connectivity index (χ1) is 6.14. The maximum absolute atomic E-state index is 9.45. The van der Waals surface area contributed by atoms with Crippen LogP contribution in [0.1, 0.15) is 0 Å². The van der Waals surface area contributed by atoms with Crippen LogP contribution in [0.4, 0.5) is 0 Å². The smallest absolute Gasteiger partial charge is 0.139 e. The van der Waals surface area contributed by atoms with Gasteiger partial charge >= 0.3 is 0 Å². The van der Waals surface area contributed by atoms with Crippen LogP contribution in [-0.2, 0) is 4.74 Å². The molecule has 1 atom stereocenters. The predicted octanol–water partition coefficient (Wildman–Crippen LogP) is -2.93. The van der Waals surface area contributed by atoms with Crippen molar-refractivity contribution >= 4 is 0 Å². The Morgan fingerprint density at radius 1 is 1.08 bits per heavy atom. The summed E-state index contributed by atoms with van der Waals surface area (Å²) in [4.78, 5) is 0. The van der Waals surface area contributed by atoms with Crippen LogP contribution in [0.2, 0.25) is 0 Å². The van der Waals surface area contributed by atoms with Crippen LogP contribution in [0.15, 0.2) is 0 Å². The van der Waals surface area contributed by atoms with E-state index in [2.05, 4.69) is 0 Å². The molecule has 0 aliphatic rings. The van der Waals surface area contributed by atoms with E-state index in [9.17, 15) is 5.11 Å². The van der Waals surface area contributed by atoms with E-state index in [0.717, 1.165) is 0 Å². The molecule has 0 aromatic carbocycles. The fourth-order valence-electron chi connectivity index (χ4n) is 0.826. The Balaban J connectivity index is 4.16. The van der Waals surface area contributed by atoms with Crippen LogP contribution >= 0.6 is 0 Å². The van der Waals surface area contributed by atoms with Crippen molar-refractivity contribution in [1.29, 1.82) is 0 Å². The molecule has 0 fully saturated rings. The molecule has 0 radical (unpaired) electrons. The Kier molecular flexibility index (Phi) is 6.13. The van der Waals surface area contributed by atoms with E-state index in [1.54, 1.807) is 0 Å². The number of hydrogen-bond donors (Lipinski definition) is 5. The zero-order valence-electron chi connectivity index (χ0n) is 7.26. The fraction of sp³-hybridized carbons (Fsp3) is 1.00. The molecule has 6 heteroatoms. The molecule has 0 saturated heterocycles. The van der Waals surface area contributed by atoms with Gasteiger partial charge in [-0.3, -0.25) is 0 Å². The molecule has 0 amide bonds. The molecule has 5 N–H and O–H groups in total. The van der Waals surface area contributed by atoms with E-state index in [0.29, 0.717) is 0 Å². The third-order valence-corrected chi connectivity index (χ3v) is 1.72. The van der Waals surface area contributed by atoms with Gasteiger partial charge in [0.15, 0.2) is 0 Å². The van der Waals surface area contributed by atoms with E-state index < -0.39 is 31.5 Å². The average molecular weight is 196 g/mol. The van der Waals surface area contributed by atoms with Gasteiger partial charge in [-0.05, 0) is 0 Å². The molecule has 0 aliphatic carbocycles. The van der Waals surface area contributed by atoms with Gasteiger partial charge in [-0.1, -0.05) is 0 Å². The van der Waals surface area contributed by atoms with Gasteiger partial charge in [0.1, 0.15) is 11.7 Å². The summed E-state index contributed by atoms with van der Waals surface area (Å²) in [5.74, 6) is 0. The topological polar surface area (TPSA) is 110 Å². The average Bonchev–Trinajstić information content (AvgIpc) is 2.18. The third kappa shape index (κ3) is 3.55. The Bertz CT molecular complexity index is 124. The Labute approximate surface area is 76.0 Å². The lowest BCUT2D eigenvalue weighted by Gasteiger charge is -2.31. The van der Waals surface area contributed by atoms with Crippen LogP contribution in [-0.4, -0.2) is 70.3 Å². The second kappa shape index (κ2) is 6.25. The predicted molar refractivity (Wildman–Crippen MR) is 43.0 cm³/mol. The van der Waals surface area contributed by atoms with E-state index in [4.69, 9.17) is 25.2 Å². The molecule has 0 aliphatic heterocycles. The molecule has 0 aromatic heterocycles. The van der Waals surface area contributed by atoms with Gasteiger partial charge in [0.05, 0.1) is 33.0 Å². The number of ether oxygens (including phenoxy) is 1. The molecular formula is C7H16O6. The van der Waals surface area contributed by atoms with Gasteiger partial charge in [0.2, 0.25) is 0 Å². The summed E-state index contributed by atoms with van der Waals surface area (Å²) in [7, 11) is 0. The summed E-state index contributed by atoms with van der Waals surface area (Å²) >= 11 is 0. The van der Waals surface area contributed by atoms with Crippen molar-refractivity contribution in [1.82, 2.24) is 0 Å². The fourth-order valence-corrected chi connectivity index (χ4v) is 0.826. The molecule has 80 valence electrons. The van der Waals surface area contributed by atoms with Crippen molar-refractivity contribution in [2.75, 3.05) is 33.0 Å². The first kappa shape index (κ1) is 12.8. The lowest BCUT2D eigenvalue weighted by Crippen LogP contribution is -2.52. The minimum atomic E-state index is -1.87. The van der Waals surface area contributed by atoms with Crippen LogP contribution in [0, 0.1) is 0 Å². The maximum atomic E-state index is 9.45. The van der Waals surface area contributed by atoms with E-state index in [1.165, 1.54) is 0 Å². The van der Waals surface area contributed by atoms with Crippen LogP contribution in [0.25, 0.3) is 0 Å². The van der Waals surface area contributed by atoms with Gasteiger partial charge in [-0.2, -0.15) is 0 Å². The number of aliphatic hydroxyl groups excluding tert-OH is 4. The Hall–Kier alpha value is -0.240. The summed E-state index contributed by atoms with van der Waals surface area (Å²) in [6.07, 6.45) is -1.10. The van der Waals surface area contributed by atoms with Crippen molar-refractivity contribution in [2.45, 2.75) is 11.7 Å². The van der Waals surface area contributed by atoms with Gasteiger partial charge in [-0.15, -0.1) is 0 Å². The first-order valence-corrected chi connectivity index (χ1v) is 3.92. The zero-order valence-corrected chi connectivity index (χ0v) is 7.26. The quantitative estimate of drug-likeness (QED) is 0.298. The molecule has 6 nitrogen and oxygen atoms in total. The number of hydrogen-bond acceptors (Lipinski definition) is 6. The first-order valence-electron chi connectivity index (χ1n) is 3.92. The monoisotopic (exact) mass is 196 g/mol. The molecule has 1 unspecified atom stereocenters. The Morgan fingerprint density at radius 2 is 1.62 bits per heavy atom. The standard InChI is InChI=1S/C7H16O6/c8-1-2-13-6(3-9)7(12,4-10)5-11/h6,8-12H,1-5H2. The second-order valence-corrected chi connectivity index (χ2v) is 2.69. The normalized spacial score (nSPS) is 14.5.